The third-order valence-corrected chi connectivity index (χ3v) is 2.75. The second-order valence-electron chi connectivity index (χ2n) is 3.42. The van der Waals surface area contributed by atoms with Crippen LogP contribution in [-0.4, -0.2) is 10.9 Å². The fraction of sp³-hybridized carbons (Fsp3) is 0. The number of nitrogens with zero attached hydrogens (tertiary/aromatic N) is 1. The first kappa shape index (κ1) is 12.8. The average Bonchev–Trinajstić information content (AvgIpc) is 2.34. The molecule has 2 rings (SSSR count). The summed E-state index contributed by atoms with van der Waals surface area (Å²) in [7, 11) is 0. The van der Waals surface area contributed by atoms with Gasteiger partial charge in [0.1, 0.15) is 0 Å². The van der Waals surface area contributed by atoms with E-state index in [1.807, 2.05) is 0 Å². The van der Waals surface area contributed by atoms with Crippen LogP contribution in [-0.2, 0) is 0 Å². The molecule has 0 unspecified atom stereocenters. The third kappa shape index (κ3) is 2.78. The van der Waals surface area contributed by atoms with Gasteiger partial charge in [-0.2, -0.15) is 4.39 Å². The topological polar surface area (TPSA) is 42.0 Å². The summed E-state index contributed by atoms with van der Waals surface area (Å²) in [6.45, 7) is 0. The molecule has 0 aliphatic heterocycles. The van der Waals surface area contributed by atoms with E-state index in [1.54, 1.807) is 12.1 Å². The number of carbonyl (C=O) groups excluding carboxylic acids is 1. The van der Waals surface area contributed by atoms with Crippen molar-refractivity contribution in [1.29, 1.82) is 0 Å². The summed E-state index contributed by atoms with van der Waals surface area (Å²) in [6, 6.07) is 7.41. The fourth-order valence-electron chi connectivity index (χ4n) is 1.34. The van der Waals surface area contributed by atoms with E-state index >= 15 is 0 Å². The van der Waals surface area contributed by atoms with Gasteiger partial charge in [-0.3, -0.25) is 4.79 Å². The quantitative estimate of drug-likeness (QED) is 0.853. The largest absolute Gasteiger partial charge is 0.320 e. The maximum Gasteiger partial charge on any atom is 0.260 e. The number of anilines is 1. The molecule has 1 heterocycles. The van der Waals surface area contributed by atoms with Crippen molar-refractivity contribution in [3.05, 3.63) is 58.1 Å². The van der Waals surface area contributed by atoms with E-state index in [4.69, 9.17) is 23.2 Å². The molecule has 0 aliphatic rings. The van der Waals surface area contributed by atoms with Crippen molar-refractivity contribution in [3.8, 4) is 0 Å². The van der Waals surface area contributed by atoms with Gasteiger partial charge < -0.3 is 5.32 Å². The second-order valence-corrected chi connectivity index (χ2v) is 4.26. The molecule has 0 atom stereocenters. The van der Waals surface area contributed by atoms with E-state index in [1.165, 1.54) is 24.4 Å². The fourth-order valence-corrected chi connectivity index (χ4v) is 1.68. The van der Waals surface area contributed by atoms with Gasteiger partial charge in [0.2, 0.25) is 5.95 Å². The molecular formula is C12H7Cl2FN2O. The monoisotopic (exact) mass is 284 g/mol. The minimum Gasteiger partial charge on any atom is -0.320 e. The van der Waals surface area contributed by atoms with Gasteiger partial charge in [-0.25, -0.2) is 4.98 Å². The predicted molar refractivity (Wildman–Crippen MR) is 68.6 cm³/mol. The summed E-state index contributed by atoms with van der Waals surface area (Å²) in [6.07, 6.45) is 1.26. The van der Waals surface area contributed by atoms with Crippen molar-refractivity contribution in [2.45, 2.75) is 0 Å². The number of aromatic nitrogens is 1. The van der Waals surface area contributed by atoms with Crippen molar-refractivity contribution >= 4 is 34.8 Å². The van der Waals surface area contributed by atoms with Crippen LogP contribution in [0, 0.1) is 5.95 Å². The number of hydrogen-bond acceptors (Lipinski definition) is 2. The Morgan fingerprint density at radius 3 is 2.78 bits per heavy atom. The normalized spacial score (nSPS) is 10.2. The van der Waals surface area contributed by atoms with Gasteiger partial charge >= 0.3 is 0 Å². The predicted octanol–water partition coefficient (Wildman–Crippen LogP) is 3.78. The van der Waals surface area contributed by atoms with Gasteiger partial charge in [0, 0.05) is 11.2 Å². The van der Waals surface area contributed by atoms with E-state index in [2.05, 4.69) is 10.3 Å². The number of pyridine rings is 1. The van der Waals surface area contributed by atoms with E-state index in [-0.39, 0.29) is 5.56 Å². The van der Waals surface area contributed by atoms with Crippen LogP contribution in [0.2, 0.25) is 10.0 Å². The van der Waals surface area contributed by atoms with Gasteiger partial charge in [-0.05, 0) is 30.3 Å². The van der Waals surface area contributed by atoms with Gasteiger partial charge in [0.05, 0.1) is 16.3 Å². The minimum atomic E-state index is -0.840. The van der Waals surface area contributed by atoms with Gasteiger partial charge in [-0.15, -0.1) is 0 Å². The van der Waals surface area contributed by atoms with E-state index in [9.17, 15) is 9.18 Å². The zero-order chi connectivity index (χ0) is 13.1. The molecule has 0 radical (unpaired) electrons. The number of carbonyl (C=O) groups is 1. The molecule has 3 nitrogen and oxygen atoms in total. The highest BCUT2D eigenvalue weighted by Gasteiger charge is 2.13. The van der Waals surface area contributed by atoms with Crippen molar-refractivity contribution in [2.24, 2.45) is 0 Å². The number of hydrogen-bond donors (Lipinski definition) is 1. The van der Waals surface area contributed by atoms with Gasteiger partial charge in [-0.1, -0.05) is 23.2 Å². The van der Waals surface area contributed by atoms with Crippen LogP contribution in [0.1, 0.15) is 10.4 Å². The molecule has 1 amide bonds. The molecule has 0 saturated heterocycles. The Labute approximate surface area is 113 Å². The first-order valence-electron chi connectivity index (χ1n) is 4.95. The van der Waals surface area contributed by atoms with Crippen LogP contribution in [0.25, 0.3) is 0 Å². The second kappa shape index (κ2) is 5.33. The van der Waals surface area contributed by atoms with E-state index < -0.39 is 11.9 Å². The maximum atomic E-state index is 13.3. The Hall–Kier alpha value is -1.65. The molecular weight excluding hydrogens is 278 g/mol. The Morgan fingerprint density at radius 1 is 1.28 bits per heavy atom. The zero-order valence-corrected chi connectivity index (χ0v) is 10.5. The summed E-state index contributed by atoms with van der Waals surface area (Å²) in [5.74, 6) is -1.47. The molecule has 0 bridgehead atoms. The van der Waals surface area contributed by atoms with Crippen LogP contribution in [0.3, 0.4) is 0 Å². The van der Waals surface area contributed by atoms with Gasteiger partial charge in [0.15, 0.2) is 0 Å². The van der Waals surface area contributed by atoms with Crippen molar-refractivity contribution in [1.82, 2.24) is 4.98 Å². The van der Waals surface area contributed by atoms with Crippen LogP contribution in [0.15, 0.2) is 36.5 Å². The van der Waals surface area contributed by atoms with Crippen LogP contribution >= 0.6 is 23.2 Å². The van der Waals surface area contributed by atoms with Crippen LogP contribution < -0.4 is 5.32 Å². The Morgan fingerprint density at radius 2 is 2.06 bits per heavy atom. The van der Waals surface area contributed by atoms with Crippen LogP contribution in [0.5, 0.6) is 0 Å². The van der Waals surface area contributed by atoms with Crippen molar-refractivity contribution in [3.63, 3.8) is 0 Å². The average molecular weight is 285 g/mol. The molecule has 1 aromatic heterocycles. The molecule has 0 saturated carbocycles. The summed E-state index contributed by atoms with van der Waals surface area (Å²) in [5.41, 5.74) is 0.158. The molecule has 0 fully saturated rings. The highest BCUT2D eigenvalue weighted by atomic mass is 35.5. The minimum absolute atomic E-state index is 0.159. The van der Waals surface area contributed by atoms with E-state index in [0.717, 1.165) is 0 Å². The molecule has 1 aromatic carbocycles. The molecule has 1 N–H and O–H groups in total. The molecule has 6 heteroatoms. The number of halogens is 3. The Balaban J connectivity index is 2.27. The highest BCUT2D eigenvalue weighted by Crippen LogP contribution is 2.25. The molecule has 92 valence electrons. The SMILES string of the molecule is O=C(Nc1cc(Cl)ccc1Cl)c1cccnc1F. The lowest BCUT2D eigenvalue weighted by atomic mass is 10.2. The number of benzene rings is 1. The maximum absolute atomic E-state index is 13.3. The molecule has 0 spiro atoms. The smallest absolute Gasteiger partial charge is 0.260 e. The molecule has 2 aromatic rings. The van der Waals surface area contributed by atoms with E-state index in [0.29, 0.717) is 15.7 Å². The zero-order valence-electron chi connectivity index (χ0n) is 8.95. The highest BCUT2D eigenvalue weighted by molar-refractivity contribution is 6.35. The number of nitrogens with one attached hydrogen (secondary N) is 1. The Kier molecular flexibility index (Phi) is 3.79. The first-order valence-corrected chi connectivity index (χ1v) is 5.70. The summed E-state index contributed by atoms with van der Waals surface area (Å²) in [5, 5.41) is 3.21. The lowest BCUT2D eigenvalue weighted by molar-refractivity contribution is 0.102. The third-order valence-electron chi connectivity index (χ3n) is 2.18. The number of amides is 1. The molecule has 0 aliphatic carbocycles. The summed E-state index contributed by atoms with van der Waals surface area (Å²) >= 11 is 11.7. The summed E-state index contributed by atoms with van der Waals surface area (Å²) < 4.78 is 13.3. The number of rotatable bonds is 2. The standard InChI is InChI=1S/C12H7Cl2FN2O/c13-7-3-4-9(14)10(6-7)17-12(18)8-2-1-5-16-11(8)15/h1-6H,(H,17,18). The first-order chi connectivity index (χ1) is 8.58. The molecule has 18 heavy (non-hydrogen) atoms. The van der Waals surface area contributed by atoms with Crippen molar-refractivity contribution < 1.29 is 9.18 Å². The Bertz CT molecular complexity index is 604. The van der Waals surface area contributed by atoms with Crippen LogP contribution in [0.4, 0.5) is 10.1 Å². The van der Waals surface area contributed by atoms with Crippen molar-refractivity contribution in [2.75, 3.05) is 5.32 Å². The lowest BCUT2D eigenvalue weighted by Crippen LogP contribution is -2.14. The van der Waals surface area contributed by atoms with Gasteiger partial charge in [0.25, 0.3) is 5.91 Å². The summed E-state index contributed by atoms with van der Waals surface area (Å²) in [4.78, 5) is 15.2. The lowest BCUT2D eigenvalue weighted by Gasteiger charge is -2.07.